The Kier molecular flexibility index (Phi) is 7.00. The number of piperidine rings is 1. The van der Waals surface area contributed by atoms with Crippen LogP contribution in [0.4, 0.5) is 10.5 Å². The SMILES string of the molecule is Cc1ccc([N+](=O)[O-])cc1S(=O)(=O)N1CCC2(CC1)CC(OC(=O)NCCN(C)C)=NO2. The summed E-state index contributed by atoms with van der Waals surface area (Å²) in [5, 5.41) is 17.5. The van der Waals surface area contributed by atoms with Crippen LogP contribution in [0.2, 0.25) is 0 Å². The van der Waals surface area contributed by atoms with E-state index in [1.165, 1.54) is 16.4 Å². The molecule has 0 aromatic heterocycles. The Morgan fingerprint density at radius 2 is 2.06 bits per heavy atom. The number of nitro groups is 1. The molecule has 32 heavy (non-hydrogen) atoms. The van der Waals surface area contributed by atoms with Crippen LogP contribution in [0.5, 0.6) is 0 Å². The lowest BCUT2D eigenvalue weighted by atomic mass is 9.89. The van der Waals surface area contributed by atoms with E-state index in [1.807, 2.05) is 19.0 Å². The highest BCUT2D eigenvalue weighted by atomic mass is 32.2. The molecule has 0 aliphatic carbocycles. The van der Waals surface area contributed by atoms with E-state index in [1.54, 1.807) is 6.92 Å². The summed E-state index contributed by atoms with van der Waals surface area (Å²) in [6, 6.07) is 3.80. The van der Waals surface area contributed by atoms with Crippen LogP contribution >= 0.6 is 0 Å². The van der Waals surface area contributed by atoms with Crippen LogP contribution in [-0.2, 0) is 19.6 Å². The van der Waals surface area contributed by atoms with Crippen LogP contribution in [-0.4, -0.2) is 80.4 Å². The Balaban J connectivity index is 1.58. The van der Waals surface area contributed by atoms with Crippen molar-refractivity contribution < 1.29 is 27.7 Å². The van der Waals surface area contributed by atoms with E-state index in [-0.39, 0.29) is 36.0 Å². The zero-order valence-electron chi connectivity index (χ0n) is 18.2. The number of aryl methyl sites for hydroxylation is 1. The fourth-order valence-electron chi connectivity index (χ4n) is 3.59. The van der Waals surface area contributed by atoms with Crippen molar-refractivity contribution in [3.05, 3.63) is 33.9 Å². The minimum absolute atomic E-state index is 0.0790. The molecule has 2 aliphatic heterocycles. The highest BCUT2D eigenvalue weighted by molar-refractivity contribution is 7.89. The van der Waals surface area contributed by atoms with Gasteiger partial charge in [0, 0.05) is 51.2 Å². The van der Waals surface area contributed by atoms with E-state index in [0.29, 0.717) is 31.5 Å². The average molecular weight is 470 g/mol. The Morgan fingerprint density at radius 1 is 1.38 bits per heavy atom. The summed E-state index contributed by atoms with van der Waals surface area (Å²) in [7, 11) is -0.133. The number of alkyl carbamates (subject to hydrolysis) is 1. The number of hydrogen-bond acceptors (Lipinski definition) is 9. The minimum atomic E-state index is -3.91. The Morgan fingerprint density at radius 3 is 2.69 bits per heavy atom. The number of nitrogens with one attached hydrogen (secondary N) is 1. The molecule has 0 saturated carbocycles. The van der Waals surface area contributed by atoms with Gasteiger partial charge in [0.05, 0.1) is 16.2 Å². The van der Waals surface area contributed by atoms with Gasteiger partial charge in [-0.05, 0) is 26.6 Å². The maximum absolute atomic E-state index is 13.1. The third-order valence-corrected chi connectivity index (χ3v) is 7.53. The van der Waals surface area contributed by atoms with Gasteiger partial charge >= 0.3 is 6.09 Å². The van der Waals surface area contributed by atoms with Crippen molar-refractivity contribution in [2.24, 2.45) is 5.16 Å². The zero-order chi connectivity index (χ0) is 23.5. The van der Waals surface area contributed by atoms with Crippen LogP contribution < -0.4 is 5.32 Å². The molecule has 12 nitrogen and oxygen atoms in total. The molecule has 2 heterocycles. The normalized spacial score (nSPS) is 18.3. The minimum Gasteiger partial charge on any atom is -0.392 e. The van der Waals surface area contributed by atoms with E-state index in [4.69, 9.17) is 9.57 Å². The molecule has 13 heteroatoms. The fraction of sp³-hybridized carbons (Fsp3) is 0.579. The van der Waals surface area contributed by atoms with Gasteiger partial charge in [-0.3, -0.25) is 10.1 Å². The monoisotopic (exact) mass is 469 g/mol. The van der Waals surface area contributed by atoms with Crippen molar-refractivity contribution >= 4 is 27.7 Å². The maximum Gasteiger partial charge on any atom is 0.413 e. The smallest absolute Gasteiger partial charge is 0.392 e. The summed E-state index contributed by atoms with van der Waals surface area (Å²) < 4.78 is 32.7. The largest absolute Gasteiger partial charge is 0.413 e. The van der Waals surface area contributed by atoms with Crippen molar-refractivity contribution in [3.8, 4) is 0 Å². The number of benzene rings is 1. The maximum atomic E-state index is 13.1. The molecule has 0 radical (unpaired) electrons. The van der Waals surface area contributed by atoms with Gasteiger partial charge < -0.3 is 19.8 Å². The number of amides is 1. The lowest BCUT2D eigenvalue weighted by Gasteiger charge is -2.36. The number of carbonyl (C=O) groups excluding carboxylic acids is 1. The number of nitrogens with zero attached hydrogens (tertiary/aromatic N) is 4. The van der Waals surface area contributed by atoms with Gasteiger partial charge in [0.1, 0.15) is 5.60 Å². The van der Waals surface area contributed by atoms with Crippen molar-refractivity contribution in [1.82, 2.24) is 14.5 Å². The Labute approximate surface area is 186 Å². The molecule has 1 fully saturated rings. The van der Waals surface area contributed by atoms with E-state index in [0.717, 1.165) is 6.07 Å². The van der Waals surface area contributed by atoms with E-state index < -0.39 is 26.6 Å². The zero-order valence-corrected chi connectivity index (χ0v) is 19.1. The molecule has 176 valence electrons. The lowest BCUT2D eigenvalue weighted by molar-refractivity contribution is -0.385. The number of sulfonamides is 1. The van der Waals surface area contributed by atoms with Gasteiger partial charge in [0.2, 0.25) is 15.9 Å². The number of ether oxygens (including phenoxy) is 1. The molecule has 1 aromatic carbocycles. The van der Waals surface area contributed by atoms with Crippen LogP contribution in [0, 0.1) is 17.0 Å². The average Bonchev–Trinajstić information content (AvgIpc) is 3.09. The van der Waals surface area contributed by atoms with Crippen molar-refractivity contribution in [3.63, 3.8) is 0 Å². The topological polar surface area (TPSA) is 144 Å². The third-order valence-electron chi connectivity index (χ3n) is 5.49. The standard InChI is InChI=1S/C19H27N5O7S/c1-14-4-5-15(24(26)27)12-16(14)32(28,29)23-9-6-19(7-10-23)13-17(21-31-19)30-18(25)20-8-11-22(2)3/h4-5,12H,6-11,13H2,1-3H3,(H,20,25). The Bertz CT molecular complexity index is 1020. The number of oxime groups is 1. The van der Waals surface area contributed by atoms with Crippen LogP contribution in [0.15, 0.2) is 28.3 Å². The molecule has 0 atom stereocenters. The summed E-state index contributed by atoms with van der Waals surface area (Å²) in [6.45, 7) is 3.00. The Hall–Kier alpha value is -2.77. The number of rotatable bonds is 6. The second-order valence-corrected chi connectivity index (χ2v) is 10.1. The summed E-state index contributed by atoms with van der Waals surface area (Å²) in [5.74, 6) is 0.151. The van der Waals surface area contributed by atoms with Gasteiger partial charge in [-0.25, -0.2) is 13.2 Å². The summed E-state index contributed by atoms with van der Waals surface area (Å²) >= 11 is 0. The van der Waals surface area contributed by atoms with Crippen LogP contribution in [0.25, 0.3) is 0 Å². The number of likely N-dealkylation sites (N-methyl/N-ethyl adjacent to an activating group) is 1. The predicted molar refractivity (Wildman–Crippen MR) is 115 cm³/mol. The van der Waals surface area contributed by atoms with E-state index in [9.17, 15) is 23.3 Å². The molecular weight excluding hydrogens is 442 g/mol. The molecule has 0 bridgehead atoms. The molecule has 2 aliphatic rings. The first kappa shape index (κ1) is 23.9. The summed E-state index contributed by atoms with van der Waals surface area (Å²) in [6.07, 6.45) is 0.336. The molecular formula is C19H27N5O7S. The third kappa shape index (κ3) is 5.34. The number of carbonyl (C=O) groups is 1. The second kappa shape index (κ2) is 9.38. The molecule has 3 rings (SSSR count). The van der Waals surface area contributed by atoms with Gasteiger partial charge in [0.15, 0.2) is 0 Å². The van der Waals surface area contributed by atoms with E-state index >= 15 is 0 Å². The van der Waals surface area contributed by atoms with Gasteiger partial charge in [-0.1, -0.05) is 11.2 Å². The summed E-state index contributed by atoms with van der Waals surface area (Å²) in [5.41, 5.74) is -0.573. The van der Waals surface area contributed by atoms with Crippen LogP contribution in [0.1, 0.15) is 24.8 Å². The number of hydrogen-bond donors (Lipinski definition) is 1. The molecule has 1 aromatic rings. The molecule has 1 amide bonds. The van der Waals surface area contributed by atoms with Crippen molar-refractivity contribution in [2.45, 2.75) is 36.7 Å². The number of non-ortho nitro benzene ring substituents is 1. The molecule has 1 spiro atoms. The van der Waals surface area contributed by atoms with Crippen molar-refractivity contribution in [2.75, 3.05) is 40.3 Å². The number of nitro benzene ring substituents is 1. The first-order chi connectivity index (χ1) is 15.0. The second-order valence-electron chi connectivity index (χ2n) is 8.17. The fourth-order valence-corrected chi connectivity index (χ4v) is 5.27. The predicted octanol–water partition coefficient (Wildman–Crippen LogP) is 1.45. The molecule has 0 unspecified atom stereocenters. The molecule has 1 N–H and O–H groups in total. The highest BCUT2D eigenvalue weighted by Gasteiger charge is 2.46. The first-order valence-electron chi connectivity index (χ1n) is 10.1. The summed E-state index contributed by atoms with van der Waals surface area (Å²) in [4.78, 5) is 29.7. The van der Waals surface area contributed by atoms with Gasteiger partial charge in [-0.15, -0.1) is 0 Å². The quantitative estimate of drug-likeness (QED) is 0.487. The van der Waals surface area contributed by atoms with E-state index in [2.05, 4.69) is 10.5 Å². The van der Waals surface area contributed by atoms with Crippen LogP contribution in [0.3, 0.4) is 0 Å². The molecule has 1 saturated heterocycles. The lowest BCUT2D eigenvalue weighted by Crippen LogP contribution is -2.47. The van der Waals surface area contributed by atoms with Gasteiger partial charge in [0.25, 0.3) is 5.69 Å². The van der Waals surface area contributed by atoms with Gasteiger partial charge in [-0.2, -0.15) is 4.31 Å². The highest BCUT2D eigenvalue weighted by Crippen LogP contribution is 2.37. The van der Waals surface area contributed by atoms with Crippen molar-refractivity contribution in [1.29, 1.82) is 0 Å². The first-order valence-corrected chi connectivity index (χ1v) is 11.6.